The maximum atomic E-state index is 3.98. The van der Waals surface area contributed by atoms with Gasteiger partial charge in [0.1, 0.15) is 0 Å². The summed E-state index contributed by atoms with van der Waals surface area (Å²) >= 11 is 0. The lowest BCUT2D eigenvalue weighted by atomic mass is 9.75. The Labute approximate surface area is 130 Å². The van der Waals surface area contributed by atoms with E-state index < -0.39 is 0 Å². The average molecular weight is 280 g/mol. The minimum absolute atomic E-state index is 0.310. The number of fused-ring (bicyclic) bond motifs is 1. The van der Waals surface area contributed by atoms with Crippen LogP contribution < -0.4 is 0 Å². The van der Waals surface area contributed by atoms with Gasteiger partial charge in [0.2, 0.25) is 0 Å². The van der Waals surface area contributed by atoms with Crippen LogP contribution in [-0.2, 0) is 6.42 Å². The molecule has 0 heterocycles. The lowest BCUT2D eigenvalue weighted by Gasteiger charge is -2.30. The average Bonchev–Trinajstić information content (AvgIpc) is 2.45. The summed E-state index contributed by atoms with van der Waals surface area (Å²) in [5.74, 6) is 0. The molecule has 112 valence electrons. The van der Waals surface area contributed by atoms with Crippen LogP contribution in [0.3, 0.4) is 0 Å². The van der Waals surface area contributed by atoms with Gasteiger partial charge in [0.25, 0.3) is 0 Å². The van der Waals surface area contributed by atoms with Crippen molar-refractivity contribution < 1.29 is 0 Å². The van der Waals surface area contributed by atoms with Gasteiger partial charge >= 0.3 is 0 Å². The van der Waals surface area contributed by atoms with Crippen LogP contribution in [0.5, 0.6) is 0 Å². The van der Waals surface area contributed by atoms with E-state index in [0.29, 0.717) is 5.41 Å². The first-order valence-corrected chi connectivity index (χ1v) is 8.02. The Morgan fingerprint density at radius 3 is 2.48 bits per heavy atom. The molecule has 0 radical (unpaired) electrons. The Morgan fingerprint density at radius 1 is 1.19 bits per heavy atom. The Bertz CT molecular complexity index is 605. The summed E-state index contributed by atoms with van der Waals surface area (Å²) in [6.45, 7) is 15.3. The van der Waals surface area contributed by atoms with E-state index in [0.717, 1.165) is 6.42 Å². The first-order valence-electron chi connectivity index (χ1n) is 8.02. The highest BCUT2D eigenvalue weighted by molar-refractivity contribution is 5.72. The van der Waals surface area contributed by atoms with Crippen LogP contribution in [0.15, 0.2) is 29.9 Å². The van der Waals surface area contributed by atoms with Crippen LogP contribution in [0.4, 0.5) is 0 Å². The molecule has 2 rings (SSSR count). The third kappa shape index (κ3) is 3.37. The number of benzene rings is 1. The molecular weight excluding hydrogens is 252 g/mol. The molecule has 0 heteroatoms. The number of hydrogen-bond acceptors (Lipinski definition) is 0. The van der Waals surface area contributed by atoms with E-state index in [1.54, 1.807) is 5.57 Å². The number of aryl methyl sites for hydroxylation is 1. The smallest absolute Gasteiger partial charge is 0.0144 e. The number of rotatable bonds is 4. The molecule has 21 heavy (non-hydrogen) atoms. The van der Waals surface area contributed by atoms with Crippen LogP contribution in [0.2, 0.25) is 0 Å². The predicted octanol–water partition coefficient (Wildman–Crippen LogP) is 6.52. The lowest BCUT2D eigenvalue weighted by molar-refractivity contribution is 0.415. The van der Waals surface area contributed by atoms with Crippen LogP contribution in [0, 0.1) is 5.41 Å². The summed E-state index contributed by atoms with van der Waals surface area (Å²) in [5.41, 5.74) is 8.63. The molecule has 1 aromatic rings. The topological polar surface area (TPSA) is 0 Å². The van der Waals surface area contributed by atoms with E-state index in [1.807, 2.05) is 6.08 Å². The molecule has 0 aromatic heterocycles. The molecule has 0 saturated heterocycles. The monoisotopic (exact) mass is 280 g/mol. The molecular formula is C21H28. The van der Waals surface area contributed by atoms with E-state index >= 15 is 0 Å². The van der Waals surface area contributed by atoms with Crippen molar-refractivity contribution >= 4 is 18.2 Å². The van der Waals surface area contributed by atoms with Gasteiger partial charge in [0.05, 0.1) is 0 Å². The van der Waals surface area contributed by atoms with E-state index in [1.165, 1.54) is 40.7 Å². The maximum Gasteiger partial charge on any atom is -0.0144 e. The van der Waals surface area contributed by atoms with Gasteiger partial charge in [0.15, 0.2) is 0 Å². The second-order valence-corrected chi connectivity index (χ2v) is 7.01. The van der Waals surface area contributed by atoms with Gasteiger partial charge in [-0.2, -0.15) is 0 Å². The maximum absolute atomic E-state index is 3.98. The molecule has 0 nitrogen and oxygen atoms in total. The van der Waals surface area contributed by atoms with Crippen LogP contribution in [-0.4, -0.2) is 0 Å². The molecule has 1 aromatic carbocycles. The second kappa shape index (κ2) is 6.05. The first kappa shape index (κ1) is 15.8. The molecule has 0 bridgehead atoms. The summed E-state index contributed by atoms with van der Waals surface area (Å²) in [5, 5.41) is 0. The van der Waals surface area contributed by atoms with Gasteiger partial charge in [0, 0.05) is 0 Å². The van der Waals surface area contributed by atoms with Crippen molar-refractivity contribution in [3.63, 3.8) is 0 Å². The zero-order chi connectivity index (χ0) is 15.6. The quantitative estimate of drug-likeness (QED) is 0.589. The largest absolute Gasteiger partial charge is 0.0984 e. The van der Waals surface area contributed by atoms with Crippen molar-refractivity contribution in [3.8, 4) is 0 Å². The lowest BCUT2D eigenvalue weighted by Crippen LogP contribution is -2.16. The highest BCUT2D eigenvalue weighted by atomic mass is 14.3. The molecule has 0 unspecified atom stereocenters. The van der Waals surface area contributed by atoms with Crippen molar-refractivity contribution in [3.05, 3.63) is 52.1 Å². The molecule has 1 aliphatic rings. The summed E-state index contributed by atoms with van der Waals surface area (Å²) in [6, 6.07) is 4.66. The number of hydrogen-bond donors (Lipinski definition) is 0. The molecule has 0 fully saturated rings. The Morgan fingerprint density at radius 2 is 1.90 bits per heavy atom. The standard InChI is InChI=1S/C21H28/c1-7-16-12-19-14-20(21(5,6)8-2)10-9-17(19)13-18(16)11-15(3)4/h7,11-14H,1,8-10H2,2-6H3. The Balaban J connectivity index is 2.51. The van der Waals surface area contributed by atoms with Crippen molar-refractivity contribution in [2.24, 2.45) is 5.41 Å². The summed E-state index contributed by atoms with van der Waals surface area (Å²) in [4.78, 5) is 0. The Kier molecular flexibility index (Phi) is 4.56. The third-order valence-corrected chi connectivity index (χ3v) is 4.76. The molecule has 0 aliphatic heterocycles. The fourth-order valence-corrected chi connectivity index (χ4v) is 2.95. The van der Waals surface area contributed by atoms with Gasteiger partial charge in [-0.3, -0.25) is 0 Å². The second-order valence-electron chi connectivity index (χ2n) is 7.01. The van der Waals surface area contributed by atoms with E-state index in [9.17, 15) is 0 Å². The Hall–Kier alpha value is -1.56. The molecule has 0 spiro atoms. The van der Waals surface area contributed by atoms with Gasteiger partial charge < -0.3 is 0 Å². The van der Waals surface area contributed by atoms with E-state index in [-0.39, 0.29) is 0 Å². The van der Waals surface area contributed by atoms with Gasteiger partial charge in [-0.1, -0.05) is 62.8 Å². The van der Waals surface area contributed by atoms with Crippen LogP contribution >= 0.6 is 0 Å². The summed E-state index contributed by atoms with van der Waals surface area (Å²) in [7, 11) is 0. The van der Waals surface area contributed by atoms with E-state index in [4.69, 9.17) is 0 Å². The van der Waals surface area contributed by atoms with Crippen molar-refractivity contribution in [1.29, 1.82) is 0 Å². The van der Waals surface area contributed by atoms with Gasteiger partial charge in [-0.15, -0.1) is 0 Å². The van der Waals surface area contributed by atoms with Crippen molar-refractivity contribution in [2.45, 2.75) is 53.9 Å². The predicted molar refractivity (Wildman–Crippen MR) is 96.2 cm³/mol. The fourth-order valence-electron chi connectivity index (χ4n) is 2.95. The normalized spacial score (nSPS) is 14.2. The van der Waals surface area contributed by atoms with Crippen LogP contribution in [0.1, 0.15) is 69.7 Å². The third-order valence-electron chi connectivity index (χ3n) is 4.76. The number of allylic oxidation sites excluding steroid dienone is 2. The molecule has 0 N–H and O–H groups in total. The molecule has 1 aliphatic carbocycles. The van der Waals surface area contributed by atoms with Gasteiger partial charge in [-0.05, 0) is 66.8 Å². The molecule has 0 atom stereocenters. The SMILES string of the molecule is C=Cc1cc2c(cc1C=C(C)C)CCC(C(C)(C)CC)=C2. The van der Waals surface area contributed by atoms with Crippen molar-refractivity contribution in [1.82, 2.24) is 0 Å². The van der Waals surface area contributed by atoms with Crippen LogP contribution in [0.25, 0.3) is 18.2 Å². The first-order chi connectivity index (χ1) is 9.87. The minimum Gasteiger partial charge on any atom is -0.0984 e. The summed E-state index contributed by atoms with van der Waals surface area (Å²) < 4.78 is 0. The van der Waals surface area contributed by atoms with Gasteiger partial charge in [-0.25, -0.2) is 0 Å². The van der Waals surface area contributed by atoms with E-state index in [2.05, 4.69) is 65.5 Å². The molecule has 0 saturated carbocycles. The molecule has 0 amide bonds. The zero-order valence-electron chi connectivity index (χ0n) is 14.2. The highest BCUT2D eigenvalue weighted by Crippen LogP contribution is 2.38. The zero-order valence-corrected chi connectivity index (χ0v) is 14.2. The van der Waals surface area contributed by atoms with Crippen molar-refractivity contribution in [2.75, 3.05) is 0 Å². The minimum atomic E-state index is 0.310. The fraction of sp³-hybridized carbons (Fsp3) is 0.429. The summed E-state index contributed by atoms with van der Waals surface area (Å²) in [6.07, 6.45) is 10.2. The highest BCUT2D eigenvalue weighted by Gasteiger charge is 2.24.